The van der Waals surface area contributed by atoms with Crippen molar-refractivity contribution in [1.82, 2.24) is 0 Å². The number of nitrogens with two attached hydrogens (primary N) is 1. The standard InChI is InChI=1S/C19H41NO3S.ClH/c1-2-3-4-5-6-7-8-9-10-11-12-13-14-15-16-24-22-18-19(17-21)23-20;/h19,21H,2-18,20H2,1H3;1H. The number of hydrogen-bond acceptors (Lipinski definition) is 5. The summed E-state index contributed by atoms with van der Waals surface area (Å²) in [4.78, 5) is 4.54. The van der Waals surface area contributed by atoms with Gasteiger partial charge in [-0.05, 0) is 18.5 Å². The third-order valence-electron chi connectivity index (χ3n) is 4.31. The predicted molar refractivity (Wildman–Crippen MR) is 112 cm³/mol. The molecule has 0 aliphatic carbocycles. The molecule has 6 heteroatoms. The van der Waals surface area contributed by atoms with Gasteiger partial charge >= 0.3 is 0 Å². The van der Waals surface area contributed by atoms with Gasteiger partial charge in [-0.15, -0.1) is 12.4 Å². The molecule has 0 saturated carbocycles. The molecule has 1 atom stereocenters. The van der Waals surface area contributed by atoms with Crippen molar-refractivity contribution in [2.45, 2.75) is 103 Å². The second-order valence-electron chi connectivity index (χ2n) is 6.64. The molecule has 1 unspecified atom stereocenters. The van der Waals surface area contributed by atoms with Gasteiger partial charge in [-0.2, -0.15) is 0 Å². The van der Waals surface area contributed by atoms with E-state index >= 15 is 0 Å². The van der Waals surface area contributed by atoms with E-state index < -0.39 is 6.10 Å². The zero-order valence-electron chi connectivity index (χ0n) is 16.3. The van der Waals surface area contributed by atoms with Crippen LogP contribution in [0.2, 0.25) is 0 Å². The van der Waals surface area contributed by atoms with Crippen LogP contribution >= 0.6 is 24.4 Å². The fourth-order valence-corrected chi connectivity index (χ4v) is 3.36. The van der Waals surface area contributed by atoms with Crippen molar-refractivity contribution in [3.05, 3.63) is 0 Å². The molecule has 0 aromatic rings. The molecule has 0 aliphatic heterocycles. The summed E-state index contributed by atoms with van der Waals surface area (Å²) in [6.07, 6.45) is 18.9. The van der Waals surface area contributed by atoms with E-state index in [1.54, 1.807) is 0 Å². The zero-order valence-corrected chi connectivity index (χ0v) is 17.9. The highest BCUT2D eigenvalue weighted by Crippen LogP contribution is 2.14. The average molecular weight is 400 g/mol. The molecule has 4 nitrogen and oxygen atoms in total. The van der Waals surface area contributed by atoms with Crippen LogP contribution < -0.4 is 5.90 Å². The summed E-state index contributed by atoms with van der Waals surface area (Å²) in [5.41, 5.74) is 0. The summed E-state index contributed by atoms with van der Waals surface area (Å²) in [6.45, 7) is 2.52. The topological polar surface area (TPSA) is 64.7 Å². The number of aliphatic hydroxyl groups is 1. The van der Waals surface area contributed by atoms with Crippen LogP contribution in [0.15, 0.2) is 0 Å². The molecule has 0 amide bonds. The van der Waals surface area contributed by atoms with Crippen molar-refractivity contribution < 1.29 is 14.1 Å². The van der Waals surface area contributed by atoms with E-state index in [4.69, 9.17) is 15.2 Å². The number of aliphatic hydroxyl groups excluding tert-OH is 1. The van der Waals surface area contributed by atoms with Gasteiger partial charge in [0.2, 0.25) is 0 Å². The Hall–Kier alpha value is 0.480. The van der Waals surface area contributed by atoms with Crippen molar-refractivity contribution in [2.75, 3.05) is 19.0 Å². The van der Waals surface area contributed by atoms with Crippen molar-refractivity contribution in [1.29, 1.82) is 0 Å². The number of rotatable bonds is 20. The first kappa shape index (κ1) is 27.7. The van der Waals surface area contributed by atoms with Gasteiger partial charge in [-0.3, -0.25) is 4.84 Å². The zero-order chi connectivity index (χ0) is 17.7. The van der Waals surface area contributed by atoms with E-state index in [0.717, 1.165) is 5.75 Å². The lowest BCUT2D eigenvalue weighted by molar-refractivity contribution is -0.0108. The molecular formula is C19H42ClNO3S. The van der Waals surface area contributed by atoms with E-state index in [-0.39, 0.29) is 19.0 Å². The summed E-state index contributed by atoms with van der Waals surface area (Å²) < 4.78 is 5.34. The summed E-state index contributed by atoms with van der Waals surface area (Å²) >= 11 is 1.45. The monoisotopic (exact) mass is 399 g/mol. The van der Waals surface area contributed by atoms with Crippen LogP contribution in [0.5, 0.6) is 0 Å². The summed E-state index contributed by atoms with van der Waals surface area (Å²) in [6, 6.07) is 0. The first-order chi connectivity index (χ1) is 11.8. The summed E-state index contributed by atoms with van der Waals surface area (Å²) in [5, 5.41) is 8.87. The molecule has 0 saturated heterocycles. The van der Waals surface area contributed by atoms with Crippen LogP contribution in [0, 0.1) is 0 Å². The molecule has 0 aliphatic rings. The molecule has 0 aromatic heterocycles. The van der Waals surface area contributed by atoms with Crippen LogP contribution in [0.25, 0.3) is 0 Å². The lowest BCUT2D eigenvalue weighted by Gasteiger charge is -2.10. The van der Waals surface area contributed by atoms with E-state index in [0.29, 0.717) is 6.61 Å². The number of unbranched alkanes of at least 4 members (excludes halogenated alkanes) is 13. The fraction of sp³-hybridized carbons (Fsp3) is 1.00. The highest BCUT2D eigenvalue weighted by atomic mass is 35.5. The first-order valence-corrected chi connectivity index (χ1v) is 11.0. The lowest BCUT2D eigenvalue weighted by Crippen LogP contribution is -2.25. The van der Waals surface area contributed by atoms with E-state index in [2.05, 4.69) is 11.8 Å². The maximum Gasteiger partial charge on any atom is 0.126 e. The predicted octanol–water partition coefficient (Wildman–Crippen LogP) is 5.81. The van der Waals surface area contributed by atoms with Gasteiger partial charge in [-0.25, -0.2) is 5.90 Å². The molecule has 0 fully saturated rings. The van der Waals surface area contributed by atoms with Crippen LogP contribution in [-0.2, 0) is 9.02 Å². The molecular weight excluding hydrogens is 358 g/mol. The quantitative estimate of drug-likeness (QED) is 0.154. The van der Waals surface area contributed by atoms with Crippen molar-refractivity contribution in [2.24, 2.45) is 5.90 Å². The second kappa shape index (κ2) is 24.5. The van der Waals surface area contributed by atoms with Crippen molar-refractivity contribution in [3.8, 4) is 0 Å². The molecule has 25 heavy (non-hydrogen) atoms. The van der Waals surface area contributed by atoms with Gasteiger partial charge in [-0.1, -0.05) is 90.4 Å². The number of hydrogen-bond donors (Lipinski definition) is 2. The Kier molecular flexibility index (Phi) is 27.1. The minimum absolute atomic E-state index is 0. The maximum atomic E-state index is 8.87. The molecule has 0 bridgehead atoms. The molecule has 0 spiro atoms. The van der Waals surface area contributed by atoms with Gasteiger partial charge in [0.1, 0.15) is 6.10 Å². The lowest BCUT2D eigenvalue weighted by atomic mass is 10.0. The molecule has 3 N–H and O–H groups in total. The highest BCUT2D eigenvalue weighted by Gasteiger charge is 2.05. The molecule has 0 radical (unpaired) electrons. The van der Waals surface area contributed by atoms with Crippen LogP contribution in [0.1, 0.15) is 96.8 Å². The van der Waals surface area contributed by atoms with E-state index in [1.807, 2.05) is 0 Å². The molecule has 0 aromatic carbocycles. The first-order valence-electron chi connectivity index (χ1n) is 10.1. The number of halogens is 1. The van der Waals surface area contributed by atoms with E-state index in [1.165, 1.54) is 102 Å². The van der Waals surface area contributed by atoms with Gasteiger partial charge in [0.05, 0.1) is 13.2 Å². The minimum Gasteiger partial charge on any atom is -0.393 e. The Morgan fingerprint density at radius 1 is 0.800 bits per heavy atom. The van der Waals surface area contributed by atoms with Gasteiger partial charge in [0.15, 0.2) is 0 Å². The molecule has 0 rings (SSSR count). The normalized spacial score (nSPS) is 12.1. The van der Waals surface area contributed by atoms with Gasteiger partial charge in [0, 0.05) is 5.75 Å². The minimum atomic E-state index is -0.408. The Morgan fingerprint density at radius 3 is 1.64 bits per heavy atom. The van der Waals surface area contributed by atoms with Crippen LogP contribution in [0.3, 0.4) is 0 Å². The highest BCUT2D eigenvalue weighted by molar-refractivity contribution is 7.94. The van der Waals surface area contributed by atoms with E-state index in [9.17, 15) is 0 Å². The van der Waals surface area contributed by atoms with Crippen molar-refractivity contribution >= 4 is 24.4 Å². The fourth-order valence-electron chi connectivity index (χ4n) is 2.67. The molecule has 0 heterocycles. The van der Waals surface area contributed by atoms with Crippen LogP contribution in [-0.4, -0.2) is 30.2 Å². The summed E-state index contributed by atoms with van der Waals surface area (Å²) in [7, 11) is 0. The maximum absolute atomic E-state index is 8.87. The Balaban J connectivity index is 0. The smallest absolute Gasteiger partial charge is 0.126 e. The SMILES string of the molecule is CCCCCCCCCCCCCCCCSOCC(CO)ON.Cl. The summed E-state index contributed by atoms with van der Waals surface area (Å²) in [5.74, 6) is 6.01. The van der Waals surface area contributed by atoms with Gasteiger partial charge < -0.3 is 9.29 Å². The Labute approximate surface area is 166 Å². The Bertz CT molecular complexity index is 235. The Morgan fingerprint density at radius 2 is 1.24 bits per heavy atom. The molecule has 154 valence electrons. The third kappa shape index (κ3) is 22.4. The van der Waals surface area contributed by atoms with Crippen molar-refractivity contribution in [3.63, 3.8) is 0 Å². The van der Waals surface area contributed by atoms with Gasteiger partial charge in [0.25, 0.3) is 0 Å². The van der Waals surface area contributed by atoms with Crippen LogP contribution in [0.4, 0.5) is 0 Å². The third-order valence-corrected chi connectivity index (χ3v) is 5.07. The average Bonchev–Trinajstić information content (AvgIpc) is 2.61. The second-order valence-corrected chi connectivity index (χ2v) is 7.52. The largest absolute Gasteiger partial charge is 0.393 e.